The maximum absolute atomic E-state index is 11.2. The topological polar surface area (TPSA) is 67.6 Å². The lowest BCUT2D eigenvalue weighted by Crippen LogP contribution is -2.12. The van der Waals surface area contributed by atoms with Gasteiger partial charge in [0, 0.05) is 53.3 Å². The maximum atomic E-state index is 11.2. The van der Waals surface area contributed by atoms with Crippen molar-refractivity contribution in [2.24, 2.45) is 0 Å². The van der Waals surface area contributed by atoms with E-state index in [1.165, 1.54) is 17.4 Å². The van der Waals surface area contributed by atoms with Crippen molar-refractivity contribution in [3.05, 3.63) is 162 Å². The number of aliphatic carboxylic acids is 1. The van der Waals surface area contributed by atoms with Crippen molar-refractivity contribution in [3.8, 4) is 16.5 Å². The molecule has 0 atom stereocenters. The average molecular weight is 646 g/mol. The summed E-state index contributed by atoms with van der Waals surface area (Å²) in [5.74, 6) is -1.22. The number of carboxylic acids is 1. The number of nitriles is 1. The Bertz CT molecular complexity index is 2150. The molecule has 0 aliphatic rings. The van der Waals surface area contributed by atoms with Gasteiger partial charge in [0.05, 0.1) is 0 Å². The van der Waals surface area contributed by atoms with E-state index in [2.05, 4.69) is 137 Å². The number of hydrogen-bond acceptors (Lipinski definition) is 6. The summed E-state index contributed by atoms with van der Waals surface area (Å²) >= 11 is 3.14. The SMILES string of the molecule is N#CC(=Cc1cc2sc(-c3ccc(N(c4ccccc4)c4ccc(N(c5ccccc5)c5ccccc5)cc4)cc3)cc2s1)C(=O)O. The minimum Gasteiger partial charge on any atom is -0.477 e. The lowest BCUT2D eigenvalue weighted by atomic mass is 10.1. The quantitative estimate of drug-likeness (QED) is 0.125. The Morgan fingerprint density at radius 2 is 0.979 bits per heavy atom. The molecule has 7 aromatic rings. The number of carbonyl (C=O) groups is 1. The van der Waals surface area contributed by atoms with E-state index in [0.717, 1.165) is 58.8 Å². The van der Waals surface area contributed by atoms with Crippen LogP contribution in [0.5, 0.6) is 0 Å². The van der Waals surface area contributed by atoms with Gasteiger partial charge in [0.2, 0.25) is 0 Å². The van der Waals surface area contributed by atoms with Crippen molar-refractivity contribution in [1.82, 2.24) is 0 Å². The molecule has 5 aromatic carbocycles. The van der Waals surface area contributed by atoms with E-state index in [0.29, 0.717) is 0 Å². The second-order valence-electron chi connectivity index (χ2n) is 10.7. The van der Waals surface area contributed by atoms with Crippen LogP contribution in [0.4, 0.5) is 34.1 Å². The monoisotopic (exact) mass is 645 g/mol. The number of rotatable bonds is 9. The van der Waals surface area contributed by atoms with Crippen LogP contribution in [-0.4, -0.2) is 11.1 Å². The number of carboxylic acid groups (broad SMARTS) is 1. The maximum Gasteiger partial charge on any atom is 0.346 e. The first-order chi connectivity index (χ1) is 23.1. The predicted molar refractivity (Wildman–Crippen MR) is 196 cm³/mol. The van der Waals surface area contributed by atoms with Crippen molar-refractivity contribution >= 4 is 78.2 Å². The summed E-state index contributed by atoms with van der Waals surface area (Å²) in [7, 11) is 0. The standard InChI is InChI=1S/C40H27N3O2S2/c41-27-29(40(44)45)24-36-25-38-39(46-36)26-37(47-38)28-16-18-33(19-17-28)43(32-14-8-3-9-15-32)35-22-20-34(21-23-35)42(30-10-4-1-5-11-30)31-12-6-2-7-13-31/h1-26H,(H,44,45). The fourth-order valence-electron chi connectivity index (χ4n) is 5.50. The molecule has 1 N–H and O–H groups in total. The lowest BCUT2D eigenvalue weighted by Gasteiger charge is -2.28. The first kappa shape index (κ1) is 29.8. The minimum absolute atomic E-state index is 0.267. The summed E-state index contributed by atoms with van der Waals surface area (Å²) < 4.78 is 2.13. The molecule has 7 heteroatoms. The molecule has 0 aliphatic heterocycles. The lowest BCUT2D eigenvalue weighted by molar-refractivity contribution is -0.132. The number of para-hydroxylation sites is 3. The molecular formula is C40H27N3O2S2. The fourth-order valence-corrected chi connectivity index (χ4v) is 7.86. The largest absolute Gasteiger partial charge is 0.477 e. The van der Waals surface area contributed by atoms with E-state index in [1.807, 2.05) is 24.3 Å². The molecule has 226 valence electrons. The number of nitrogens with zero attached hydrogens (tertiary/aromatic N) is 3. The molecule has 0 saturated carbocycles. The van der Waals surface area contributed by atoms with Gasteiger partial charge in [0.1, 0.15) is 11.6 Å². The van der Waals surface area contributed by atoms with Gasteiger partial charge >= 0.3 is 5.97 Å². The highest BCUT2D eigenvalue weighted by Gasteiger charge is 2.17. The highest BCUT2D eigenvalue weighted by atomic mass is 32.1. The molecule has 7 rings (SSSR count). The number of anilines is 6. The second-order valence-corrected chi connectivity index (χ2v) is 12.9. The van der Waals surface area contributed by atoms with Crippen LogP contribution in [0.15, 0.2) is 157 Å². The third-order valence-corrected chi connectivity index (χ3v) is 9.97. The Hall–Kier alpha value is -5.94. The first-order valence-corrected chi connectivity index (χ1v) is 16.5. The fraction of sp³-hybridized carbons (Fsp3) is 0. The van der Waals surface area contributed by atoms with Crippen LogP contribution < -0.4 is 9.80 Å². The molecule has 0 fully saturated rings. The first-order valence-electron chi connectivity index (χ1n) is 14.9. The van der Waals surface area contributed by atoms with Gasteiger partial charge < -0.3 is 14.9 Å². The summed E-state index contributed by atoms with van der Waals surface area (Å²) in [4.78, 5) is 17.6. The Balaban J connectivity index is 1.20. The Morgan fingerprint density at radius 1 is 0.574 bits per heavy atom. The van der Waals surface area contributed by atoms with Crippen LogP contribution in [0.1, 0.15) is 4.88 Å². The van der Waals surface area contributed by atoms with Crippen molar-refractivity contribution in [3.63, 3.8) is 0 Å². The van der Waals surface area contributed by atoms with E-state index >= 15 is 0 Å². The Labute approximate surface area is 280 Å². The van der Waals surface area contributed by atoms with Gasteiger partial charge in [0.15, 0.2) is 0 Å². The smallest absolute Gasteiger partial charge is 0.346 e. The molecule has 0 saturated heterocycles. The summed E-state index contributed by atoms with van der Waals surface area (Å²) in [5, 5.41) is 18.3. The molecule has 5 nitrogen and oxygen atoms in total. The molecule has 0 spiro atoms. The summed E-state index contributed by atoms with van der Waals surface area (Å²) in [6.45, 7) is 0. The van der Waals surface area contributed by atoms with Gasteiger partial charge in [-0.1, -0.05) is 66.7 Å². The molecule has 0 aliphatic carbocycles. The van der Waals surface area contributed by atoms with E-state index in [-0.39, 0.29) is 5.57 Å². The zero-order valence-electron chi connectivity index (χ0n) is 25.0. The number of thiophene rings is 2. The van der Waals surface area contributed by atoms with Gasteiger partial charge in [-0.15, -0.1) is 22.7 Å². The van der Waals surface area contributed by atoms with Crippen molar-refractivity contribution in [2.75, 3.05) is 9.80 Å². The van der Waals surface area contributed by atoms with Crippen LogP contribution in [0.25, 0.3) is 25.9 Å². The summed E-state index contributed by atoms with van der Waals surface area (Å²) in [6.07, 6.45) is 1.43. The summed E-state index contributed by atoms with van der Waals surface area (Å²) in [6, 6.07) is 54.2. The highest BCUT2D eigenvalue weighted by Crippen LogP contribution is 2.42. The number of fused-ring (bicyclic) bond motifs is 1. The van der Waals surface area contributed by atoms with Crippen LogP contribution >= 0.6 is 22.7 Å². The van der Waals surface area contributed by atoms with Crippen molar-refractivity contribution in [1.29, 1.82) is 5.26 Å². The van der Waals surface area contributed by atoms with Gasteiger partial charge in [-0.05, 0) is 96.6 Å². The Kier molecular flexibility index (Phi) is 8.35. The van der Waals surface area contributed by atoms with Crippen molar-refractivity contribution in [2.45, 2.75) is 0 Å². The van der Waals surface area contributed by atoms with Gasteiger partial charge in [-0.25, -0.2) is 4.79 Å². The van der Waals surface area contributed by atoms with Gasteiger partial charge in [-0.3, -0.25) is 0 Å². The average Bonchev–Trinajstić information content (AvgIpc) is 3.69. The normalized spacial score (nSPS) is 11.3. The van der Waals surface area contributed by atoms with E-state index in [9.17, 15) is 9.90 Å². The van der Waals surface area contributed by atoms with Crippen LogP contribution in [0.3, 0.4) is 0 Å². The molecule has 2 aromatic heterocycles. The van der Waals surface area contributed by atoms with E-state index in [4.69, 9.17) is 5.26 Å². The van der Waals surface area contributed by atoms with Crippen LogP contribution in [0, 0.1) is 11.3 Å². The third kappa shape index (κ3) is 6.29. The van der Waals surface area contributed by atoms with Gasteiger partial charge in [-0.2, -0.15) is 5.26 Å². The summed E-state index contributed by atoms with van der Waals surface area (Å²) in [5.41, 5.74) is 7.24. The minimum atomic E-state index is -1.22. The molecule has 0 radical (unpaired) electrons. The molecule has 0 amide bonds. The number of benzene rings is 5. The zero-order valence-corrected chi connectivity index (χ0v) is 26.7. The molecule has 2 heterocycles. The third-order valence-electron chi connectivity index (χ3n) is 7.68. The Morgan fingerprint density at radius 3 is 1.38 bits per heavy atom. The number of hydrogen-bond donors (Lipinski definition) is 1. The molecular weight excluding hydrogens is 619 g/mol. The van der Waals surface area contributed by atoms with Gasteiger partial charge in [0.25, 0.3) is 0 Å². The van der Waals surface area contributed by atoms with Crippen LogP contribution in [0.2, 0.25) is 0 Å². The predicted octanol–water partition coefficient (Wildman–Crippen LogP) is 11.6. The molecule has 0 unspecified atom stereocenters. The van der Waals surface area contributed by atoms with E-state index < -0.39 is 5.97 Å². The van der Waals surface area contributed by atoms with Crippen LogP contribution in [-0.2, 0) is 4.79 Å². The molecule has 47 heavy (non-hydrogen) atoms. The van der Waals surface area contributed by atoms with Crippen molar-refractivity contribution < 1.29 is 9.90 Å². The second kappa shape index (κ2) is 13.2. The zero-order chi connectivity index (χ0) is 32.2. The highest BCUT2D eigenvalue weighted by molar-refractivity contribution is 7.29. The molecule has 0 bridgehead atoms. The van der Waals surface area contributed by atoms with E-state index in [1.54, 1.807) is 17.4 Å².